The second-order valence-electron chi connectivity index (χ2n) is 6.74. The van der Waals surface area contributed by atoms with Gasteiger partial charge in [-0.3, -0.25) is 4.79 Å². The van der Waals surface area contributed by atoms with Gasteiger partial charge in [0.15, 0.2) is 0 Å². The van der Waals surface area contributed by atoms with Crippen LogP contribution in [0, 0.1) is 0 Å². The number of rotatable bonds is 4. The molecule has 1 rings (SSSR count). The highest BCUT2D eigenvalue weighted by molar-refractivity contribution is 5.76. The van der Waals surface area contributed by atoms with Crippen molar-refractivity contribution in [3.8, 4) is 0 Å². The molecule has 18 heavy (non-hydrogen) atoms. The summed E-state index contributed by atoms with van der Waals surface area (Å²) in [7, 11) is 0. The van der Waals surface area contributed by atoms with Gasteiger partial charge in [0.05, 0.1) is 11.2 Å². The highest BCUT2D eigenvalue weighted by atomic mass is 16.5. The van der Waals surface area contributed by atoms with Gasteiger partial charge in [-0.2, -0.15) is 0 Å². The number of ether oxygens (including phenoxy) is 1. The van der Waals surface area contributed by atoms with Gasteiger partial charge in [0.1, 0.15) is 0 Å². The summed E-state index contributed by atoms with van der Waals surface area (Å²) in [4.78, 5) is 14.1. The van der Waals surface area contributed by atoms with Crippen LogP contribution in [0.15, 0.2) is 0 Å². The van der Waals surface area contributed by atoms with Crippen LogP contribution < -0.4 is 5.73 Å². The number of nitrogens with zero attached hydrogens (tertiary/aromatic N) is 1. The highest BCUT2D eigenvalue weighted by Crippen LogP contribution is 2.28. The van der Waals surface area contributed by atoms with Crippen molar-refractivity contribution >= 4 is 5.91 Å². The summed E-state index contributed by atoms with van der Waals surface area (Å²) >= 11 is 0. The molecule has 0 saturated carbocycles. The summed E-state index contributed by atoms with van der Waals surface area (Å²) in [6, 6.07) is 0.176. The number of amides is 1. The molecule has 0 aromatic heterocycles. The van der Waals surface area contributed by atoms with Crippen LogP contribution in [0.3, 0.4) is 0 Å². The smallest absolute Gasteiger partial charge is 0.222 e. The lowest BCUT2D eigenvalue weighted by molar-refractivity contribution is -0.188. The summed E-state index contributed by atoms with van der Waals surface area (Å²) in [6.45, 7) is 11.5. The molecule has 1 amide bonds. The topological polar surface area (TPSA) is 55.6 Å². The van der Waals surface area contributed by atoms with Gasteiger partial charge in [0, 0.05) is 25.6 Å². The Morgan fingerprint density at radius 1 is 1.28 bits per heavy atom. The number of hydrogen-bond acceptors (Lipinski definition) is 3. The summed E-state index contributed by atoms with van der Waals surface area (Å²) in [5, 5.41) is 0. The SMILES string of the molecule is CC(N)CCCC(=O)N1CC(C)(C)OC(C)(C)C1. The Morgan fingerprint density at radius 2 is 1.78 bits per heavy atom. The lowest BCUT2D eigenvalue weighted by Gasteiger charge is -2.47. The first-order chi connectivity index (χ1) is 8.11. The number of carbonyl (C=O) groups is 1. The largest absolute Gasteiger partial charge is 0.366 e. The van der Waals surface area contributed by atoms with Crippen LogP contribution in [0.25, 0.3) is 0 Å². The fourth-order valence-electron chi connectivity index (χ4n) is 2.70. The van der Waals surface area contributed by atoms with Crippen molar-refractivity contribution in [2.24, 2.45) is 5.73 Å². The molecule has 0 spiro atoms. The quantitative estimate of drug-likeness (QED) is 0.836. The molecule has 4 nitrogen and oxygen atoms in total. The van der Waals surface area contributed by atoms with E-state index in [1.807, 2.05) is 39.5 Å². The summed E-state index contributed by atoms with van der Waals surface area (Å²) < 4.78 is 5.97. The number of nitrogens with two attached hydrogens (primary N) is 1. The molecule has 0 radical (unpaired) electrons. The third kappa shape index (κ3) is 4.94. The molecule has 1 saturated heterocycles. The van der Waals surface area contributed by atoms with Crippen molar-refractivity contribution in [2.45, 2.75) is 71.1 Å². The highest BCUT2D eigenvalue weighted by Gasteiger charge is 2.39. The van der Waals surface area contributed by atoms with Crippen LogP contribution in [0.2, 0.25) is 0 Å². The van der Waals surface area contributed by atoms with E-state index in [2.05, 4.69) is 0 Å². The monoisotopic (exact) mass is 256 g/mol. The van der Waals surface area contributed by atoms with E-state index in [9.17, 15) is 4.79 Å². The lowest BCUT2D eigenvalue weighted by atomic mass is 9.98. The van der Waals surface area contributed by atoms with E-state index in [4.69, 9.17) is 10.5 Å². The van der Waals surface area contributed by atoms with Crippen molar-refractivity contribution < 1.29 is 9.53 Å². The molecule has 4 heteroatoms. The summed E-state index contributed by atoms with van der Waals surface area (Å²) in [5.74, 6) is 0.222. The Balaban J connectivity index is 2.52. The Morgan fingerprint density at radius 3 is 2.22 bits per heavy atom. The standard InChI is InChI=1S/C14H28N2O2/c1-11(15)7-6-8-12(17)16-9-13(2,3)18-14(4,5)10-16/h11H,6-10,15H2,1-5H3. The molecule has 1 aliphatic heterocycles. The summed E-state index contributed by atoms with van der Waals surface area (Å²) in [6.07, 6.45) is 2.37. The van der Waals surface area contributed by atoms with Gasteiger partial charge < -0.3 is 15.4 Å². The predicted molar refractivity (Wildman–Crippen MR) is 73.3 cm³/mol. The van der Waals surface area contributed by atoms with Gasteiger partial charge in [0.2, 0.25) is 5.91 Å². The first-order valence-corrected chi connectivity index (χ1v) is 6.85. The normalized spacial score (nSPS) is 23.8. The number of morpholine rings is 1. The predicted octanol–water partition coefficient (Wildman–Crippen LogP) is 1.92. The lowest BCUT2D eigenvalue weighted by Crippen LogP contribution is -2.58. The molecule has 0 aromatic rings. The van der Waals surface area contributed by atoms with E-state index in [1.54, 1.807) is 0 Å². The maximum absolute atomic E-state index is 12.2. The molecule has 0 bridgehead atoms. The molecule has 0 aromatic carbocycles. The Kier molecular flexibility index (Phi) is 4.78. The van der Waals surface area contributed by atoms with Crippen LogP contribution in [-0.4, -0.2) is 41.1 Å². The zero-order chi connectivity index (χ0) is 14.0. The average molecular weight is 256 g/mol. The second kappa shape index (κ2) is 5.57. The summed E-state index contributed by atoms with van der Waals surface area (Å²) in [5.41, 5.74) is 5.17. The molecular formula is C14H28N2O2. The number of carbonyl (C=O) groups excluding carboxylic acids is 1. The van der Waals surface area contributed by atoms with Gasteiger partial charge >= 0.3 is 0 Å². The van der Waals surface area contributed by atoms with Crippen LogP contribution in [0.5, 0.6) is 0 Å². The van der Waals surface area contributed by atoms with E-state index < -0.39 is 0 Å². The van der Waals surface area contributed by atoms with Crippen LogP contribution in [0.1, 0.15) is 53.9 Å². The van der Waals surface area contributed by atoms with Crippen molar-refractivity contribution in [1.82, 2.24) is 4.90 Å². The van der Waals surface area contributed by atoms with Crippen LogP contribution in [-0.2, 0) is 9.53 Å². The van der Waals surface area contributed by atoms with Crippen molar-refractivity contribution in [2.75, 3.05) is 13.1 Å². The van der Waals surface area contributed by atoms with E-state index in [0.29, 0.717) is 19.5 Å². The minimum absolute atomic E-state index is 0.176. The van der Waals surface area contributed by atoms with Crippen molar-refractivity contribution in [1.29, 1.82) is 0 Å². The minimum atomic E-state index is -0.265. The fraction of sp³-hybridized carbons (Fsp3) is 0.929. The molecule has 1 fully saturated rings. The molecule has 1 unspecified atom stereocenters. The first-order valence-electron chi connectivity index (χ1n) is 6.85. The van der Waals surface area contributed by atoms with Crippen molar-refractivity contribution in [3.63, 3.8) is 0 Å². The molecule has 0 aliphatic carbocycles. The maximum Gasteiger partial charge on any atom is 0.222 e. The Hall–Kier alpha value is -0.610. The van der Waals surface area contributed by atoms with Gasteiger partial charge in [-0.15, -0.1) is 0 Å². The van der Waals surface area contributed by atoms with Crippen LogP contribution in [0.4, 0.5) is 0 Å². The molecular weight excluding hydrogens is 228 g/mol. The fourth-order valence-corrected chi connectivity index (χ4v) is 2.70. The van der Waals surface area contributed by atoms with E-state index in [-0.39, 0.29) is 23.2 Å². The number of hydrogen-bond donors (Lipinski definition) is 1. The molecule has 1 heterocycles. The van der Waals surface area contributed by atoms with Gasteiger partial charge in [-0.25, -0.2) is 0 Å². The molecule has 106 valence electrons. The molecule has 2 N–H and O–H groups in total. The average Bonchev–Trinajstić information content (AvgIpc) is 2.11. The van der Waals surface area contributed by atoms with Crippen LogP contribution >= 0.6 is 0 Å². The van der Waals surface area contributed by atoms with Gasteiger partial charge in [-0.05, 0) is 47.5 Å². The Labute approximate surface area is 111 Å². The molecule has 1 atom stereocenters. The van der Waals surface area contributed by atoms with E-state index in [0.717, 1.165) is 12.8 Å². The molecule has 1 aliphatic rings. The second-order valence-corrected chi connectivity index (χ2v) is 6.74. The minimum Gasteiger partial charge on any atom is -0.366 e. The Bertz CT molecular complexity index is 282. The third-order valence-corrected chi connectivity index (χ3v) is 3.10. The van der Waals surface area contributed by atoms with E-state index in [1.165, 1.54) is 0 Å². The van der Waals surface area contributed by atoms with Crippen molar-refractivity contribution in [3.05, 3.63) is 0 Å². The third-order valence-electron chi connectivity index (χ3n) is 3.10. The first kappa shape index (κ1) is 15.4. The van der Waals surface area contributed by atoms with E-state index >= 15 is 0 Å². The zero-order valence-electron chi connectivity index (χ0n) is 12.5. The maximum atomic E-state index is 12.2. The van der Waals surface area contributed by atoms with Gasteiger partial charge in [0.25, 0.3) is 0 Å². The zero-order valence-corrected chi connectivity index (χ0v) is 12.5. The van der Waals surface area contributed by atoms with Gasteiger partial charge in [-0.1, -0.05) is 0 Å².